The van der Waals surface area contributed by atoms with E-state index in [4.69, 9.17) is 0 Å². The average molecular weight is 291 g/mol. The number of nitrogens with one attached hydrogen (secondary N) is 1. The maximum atomic E-state index is 11.8. The van der Waals surface area contributed by atoms with Crippen molar-refractivity contribution in [2.45, 2.75) is 38.1 Å². The first-order valence-electron chi connectivity index (χ1n) is 7.52. The van der Waals surface area contributed by atoms with Crippen LogP contribution in [0.4, 0.5) is 5.82 Å². The lowest BCUT2D eigenvalue weighted by Gasteiger charge is -2.39. The number of anilines is 1. The molecule has 0 unspecified atom stereocenters. The molecule has 0 atom stereocenters. The lowest BCUT2D eigenvalue weighted by atomic mass is 9.77. The topological polar surface area (TPSA) is 65.5 Å². The zero-order chi connectivity index (χ0) is 15.5. The number of nitrogens with zero attached hydrogens (tertiary/aromatic N) is 2. The Morgan fingerprint density at radius 2 is 2.10 bits per heavy atom. The monoisotopic (exact) mass is 291 g/mol. The number of aromatic nitrogens is 1. The summed E-state index contributed by atoms with van der Waals surface area (Å²) < 4.78 is 0. The van der Waals surface area contributed by atoms with Gasteiger partial charge in [-0.05, 0) is 43.7 Å². The largest absolute Gasteiger partial charge is 0.394 e. The van der Waals surface area contributed by atoms with Crippen molar-refractivity contribution in [2.24, 2.45) is 5.92 Å². The first kappa shape index (κ1) is 15.8. The number of amides is 1. The maximum Gasteiger partial charge on any atom is 0.254 e. The Kier molecular flexibility index (Phi) is 4.83. The molecule has 21 heavy (non-hydrogen) atoms. The summed E-state index contributed by atoms with van der Waals surface area (Å²) in [6.45, 7) is 2.36. The second-order valence-corrected chi connectivity index (χ2v) is 6.38. The molecule has 1 saturated carbocycles. The number of pyridine rings is 1. The molecule has 1 fully saturated rings. The summed E-state index contributed by atoms with van der Waals surface area (Å²) in [5, 5.41) is 13.1. The molecule has 5 heteroatoms. The molecule has 0 radical (unpaired) electrons. The Morgan fingerprint density at radius 1 is 1.43 bits per heavy atom. The highest BCUT2D eigenvalue weighted by Gasteiger charge is 2.33. The van der Waals surface area contributed by atoms with Crippen LogP contribution in [0.15, 0.2) is 18.3 Å². The van der Waals surface area contributed by atoms with E-state index in [1.807, 2.05) is 6.07 Å². The standard InChI is InChI=1S/C16H25N3O2/c1-12-6-8-16(11-20,9-7-12)18-14-5-4-13(10-17-14)15(21)19(2)3/h4-5,10,12,20H,6-9,11H2,1-3H3,(H,17,18). The molecule has 1 heterocycles. The van der Waals surface area contributed by atoms with Crippen LogP contribution in [0.2, 0.25) is 0 Å². The first-order valence-corrected chi connectivity index (χ1v) is 7.52. The summed E-state index contributed by atoms with van der Waals surface area (Å²) in [5.41, 5.74) is 0.299. The second kappa shape index (κ2) is 6.43. The maximum absolute atomic E-state index is 11.8. The van der Waals surface area contributed by atoms with E-state index in [9.17, 15) is 9.90 Å². The zero-order valence-corrected chi connectivity index (χ0v) is 13.1. The van der Waals surface area contributed by atoms with Gasteiger partial charge in [0.05, 0.1) is 17.7 Å². The van der Waals surface area contributed by atoms with E-state index in [1.165, 1.54) is 4.90 Å². The normalized spacial score (nSPS) is 25.4. The molecule has 0 spiro atoms. The lowest BCUT2D eigenvalue weighted by molar-refractivity contribution is 0.0827. The molecule has 1 aromatic heterocycles. The first-order chi connectivity index (χ1) is 9.96. The van der Waals surface area contributed by atoms with E-state index in [0.29, 0.717) is 11.4 Å². The molecule has 116 valence electrons. The quantitative estimate of drug-likeness (QED) is 0.892. The third kappa shape index (κ3) is 3.73. The van der Waals surface area contributed by atoms with E-state index in [0.717, 1.165) is 31.6 Å². The molecule has 0 saturated heterocycles. The molecule has 5 nitrogen and oxygen atoms in total. The van der Waals surface area contributed by atoms with Crippen LogP contribution in [-0.2, 0) is 0 Å². The molecule has 1 amide bonds. The van der Waals surface area contributed by atoms with Gasteiger partial charge >= 0.3 is 0 Å². The molecule has 0 bridgehead atoms. The number of aliphatic hydroxyl groups excluding tert-OH is 1. The Balaban J connectivity index is 2.07. The number of aliphatic hydroxyl groups is 1. The Labute approximate surface area is 126 Å². The summed E-state index contributed by atoms with van der Waals surface area (Å²) in [6, 6.07) is 3.58. The minimum atomic E-state index is -0.271. The van der Waals surface area contributed by atoms with Gasteiger partial charge in [-0.15, -0.1) is 0 Å². The highest BCUT2D eigenvalue weighted by Crippen LogP contribution is 2.33. The van der Waals surface area contributed by atoms with Crippen molar-refractivity contribution in [1.29, 1.82) is 0 Å². The summed E-state index contributed by atoms with van der Waals surface area (Å²) in [7, 11) is 3.44. The van der Waals surface area contributed by atoms with Gasteiger partial charge in [0.15, 0.2) is 0 Å². The predicted molar refractivity (Wildman–Crippen MR) is 83.3 cm³/mol. The minimum Gasteiger partial charge on any atom is -0.394 e. The van der Waals surface area contributed by atoms with Crippen molar-refractivity contribution >= 4 is 11.7 Å². The summed E-state index contributed by atoms with van der Waals surface area (Å²) >= 11 is 0. The second-order valence-electron chi connectivity index (χ2n) is 6.38. The van der Waals surface area contributed by atoms with Crippen molar-refractivity contribution in [2.75, 3.05) is 26.0 Å². The Bertz CT molecular complexity index is 477. The van der Waals surface area contributed by atoms with Gasteiger partial charge in [-0.2, -0.15) is 0 Å². The summed E-state index contributed by atoms with van der Waals surface area (Å²) in [4.78, 5) is 17.7. The number of hydrogen-bond donors (Lipinski definition) is 2. The summed E-state index contributed by atoms with van der Waals surface area (Å²) in [5.74, 6) is 1.38. The van der Waals surface area contributed by atoms with Crippen LogP contribution < -0.4 is 5.32 Å². The van der Waals surface area contributed by atoms with Crippen LogP contribution in [-0.4, -0.2) is 47.1 Å². The molecular weight excluding hydrogens is 266 g/mol. The molecule has 1 aliphatic rings. The fourth-order valence-electron chi connectivity index (χ4n) is 2.76. The smallest absolute Gasteiger partial charge is 0.254 e. The van der Waals surface area contributed by atoms with Crippen molar-refractivity contribution in [3.8, 4) is 0 Å². The molecule has 2 rings (SSSR count). The van der Waals surface area contributed by atoms with Gasteiger partial charge in [-0.3, -0.25) is 4.79 Å². The van der Waals surface area contributed by atoms with Crippen LogP contribution in [0.5, 0.6) is 0 Å². The Morgan fingerprint density at radius 3 is 2.57 bits per heavy atom. The number of carbonyl (C=O) groups is 1. The predicted octanol–water partition coefficient (Wildman–Crippen LogP) is 2.14. The van der Waals surface area contributed by atoms with Crippen LogP contribution in [0.1, 0.15) is 43.0 Å². The van der Waals surface area contributed by atoms with E-state index < -0.39 is 0 Å². The van der Waals surface area contributed by atoms with Crippen LogP contribution in [0, 0.1) is 5.92 Å². The molecule has 1 aliphatic carbocycles. The van der Waals surface area contributed by atoms with E-state index in [-0.39, 0.29) is 18.1 Å². The van der Waals surface area contributed by atoms with Crippen LogP contribution in [0.25, 0.3) is 0 Å². The fraction of sp³-hybridized carbons (Fsp3) is 0.625. The molecular formula is C16H25N3O2. The lowest BCUT2D eigenvalue weighted by Crippen LogP contribution is -2.45. The number of carbonyl (C=O) groups excluding carboxylic acids is 1. The van der Waals surface area contributed by atoms with Gasteiger partial charge in [0.1, 0.15) is 5.82 Å². The number of hydrogen-bond acceptors (Lipinski definition) is 4. The van der Waals surface area contributed by atoms with Gasteiger partial charge in [-0.1, -0.05) is 6.92 Å². The van der Waals surface area contributed by atoms with Crippen LogP contribution >= 0.6 is 0 Å². The van der Waals surface area contributed by atoms with Gasteiger partial charge in [-0.25, -0.2) is 4.98 Å². The molecule has 1 aromatic rings. The Hall–Kier alpha value is -1.62. The number of rotatable bonds is 4. The molecule has 0 aliphatic heterocycles. The highest BCUT2D eigenvalue weighted by molar-refractivity contribution is 5.93. The van der Waals surface area contributed by atoms with Crippen LogP contribution in [0.3, 0.4) is 0 Å². The average Bonchev–Trinajstić information content (AvgIpc) is 2.50. The van der Waals surface area contributed by atoms with Crippen molar-refractivity contribution in [3.63, 3.8) is 0 Å². The third-order valence-electron chi connectivity index (χ3n) is 4.34. The fourth-order valence-corrected chi connectivity index (χ4v) is 2.76. The SMILES string of the molecule is CC1CCC(CO)(Nc2ccc(C(=O)N(C)C)cn2)CC1. The van der Waals surface area contributed by atoms with E-state index >= 15 is 0 Å². The molecule has 0 aromatic carbocycles. The van der Waals surface area contributed by atoms with Gasteiger partial charge < -0.3 is 15.3 Å². The van der Waals surface area contributed by atoms with E-state index in [2.05, 4.69) is 17.2 Å². The minimum absolute atomic E-state index is 0.0580. The van der Waals surface area contributed by atoms with Crippen molar-refractivity contribution < 1.29 is 9.90 Å². The van der Waals surface area contributed by atoms with Crippen molar-refractivity contribution in [3.05, 3.63) is 23.9 Å². The summed E-state index contributed by atoms with van der Waals surface area (Å²) in [6.07, 6.45) is 5.71. The highest BCUT2D eigenvalue weighted by atomic mass is 16.3. The van der Waals surface area contributed by atoms with E-state index in [1.54, 1.807) is 26.4 Å². The van der Waals surface area contributed by atoms with Gasteiger partial charge in [0.2, 0.25) is 0 Å². The molecule has 2 N–H and O–H groups in total. The zero-order valence-electron chi connectivity index (χ0n) is 13.1. The van der Waals surface area contributed by atoms with Crippen molar-refractivity contribution in [1.82, 2.24) is 9.88 Å². The van der Waals surface area contributed by atoms with Gasteiger partial charge in [0.25, 0.3) is 5.91 Å². The van der Waals surface area contributed by atoms with Gasteiger partial charge in [0, 0.05) is 20.3 Å². The third-order valence-corrected chi connectivity index (χ3v) is 4.34.